The van der Waals surface area contributed by atoms with Gasteiger partial charge >= 0.3 is 0 Å². The van der Waals surface area contributed by atoms with E-state index >= 15 is 0 Å². The summed E-state index contributed by atoms with van der Waals surface area (Å²) >= 11 is 0. The largest absolute Gasteiger partial charge is 0.344 e. The monoisotopic (exact) mass is 391 g/mol. The maximum atomic E-state index is 13.1. The number of fused-ring (bicyclic) bond motifs is 2. The lowest BCUT2D eigenvalue weighted by atomic mass is 9.74. The summed E-state index contributed by atoms with van der Waals surface area (Å²) in [6.45, 7) is 12.8. The molecular weight excluding hydrogens is 362 g/mol. The van der Waals surface area contributed by atoms with Crippen LogP contribution in [0.1, 0.15) is 80.2 Å². The number of carbonyl (C=O) groups excluding carboxylic acids is 1. The van der Waals surface area contributed by atoms with Crippen molar-refractivity contribution in [1.29, 1.82) is 0 Å². The molecule has 29 heavy (non-hydrogen) atoms. The van der Waals surface area contributed by atoms with Gasteiger partial charge in [-0.3, -0.25) is 9.89 Å². The van der Waals surface area contributed by atoms with Crippen LogP contribution in [0.15, 0.2) is 24.4 Å². The van der Waals surface area contributed by atoms with Gasteiger partial charge in [0, 0.05) is 28.3 Å². The SMILES string of the molecule is Cc1ccc2[nH]nc(C(=O)N[C@@H]3CC(C)(C)Cc4nc(C(C)(C)C)ncc43)c2c1. The number of aromatic nitrogens is 4. The Hall–Kier alpha value is -2.76. The summed E-state index contributed by atoms with van der Waals surface area (Å²) in [4.78, 5) is 22.6. The summed E-state index contributed by atoms with van der Waals surface area (Å²) in [7, 11) is 0. The van der Waals surface area contributed by atoms with Gasteiger partial charge in [0.05, 0.1) is 11.6 Å². The van der Waals surface area contributed by atoms with Crippen molar-refractivity contribution in [2.24, 2.45) is 5.41 Å². The first-order valence-corrected chi connectivity index (χ1v) is 10.2. The minimum Gasteiger partial charge on any atom is -0.344 e. The van der Waals surface area contributed by atoms with Crippen LogP contribution in [-0.2, 0) is 11.8 Å². The van der Waals surface area contributed by atoms with Crippen LogP contribution in [-0.4, -0.2) is 26.1 Å². The predicted molar refractivity (Wildman–Crippen MR) is 114 cm³/mol. The zero-order valence-corrected chi connectivity index (χ0v) is 18.1. The van der Waals surface area contributed by atoms with E-state index in [0.717, 1.165) is 46.4 Å². The number of hydrogen-bond donors (Lipinski definition) is 2. The highest BCUT2D eigenvalue weighted by Crippen LogP contribution is 2.40. The van der Waals surface area contributed by atoms with Gasteiger partial charge < -0.3 is 5.32 Å². The molecule has 0 saturated heterocycles. The van der Waals surface area contributed by atoms with E-state index in [1.165, 1.54) is 0 Å². The molecule has 6 heteroatoms. The molecule has 0 aliphatic heterocycles. The molecule has 1 amide bonds. The van der Waals surface area contributed by atoms with Gasteiger partial charge in [-0.05, 0) is 37.3 Å². The molecule has 1 aliphatic carbocycles. The van der Waals surface area contributed by atoms with Crippen molar-refractivity contribution in [1.82, 2.24) is 25.5 Å². The van der Waals surface area contributed by atoms with Crippen molar-refractivity contribution in [2.75, 3.05) is 0 Å². The number of nitrogens with one attached hydrogen (secondary N) is 2. The Kier molecular flexibility index (Phi) is 4.48. The van der Waals surface area contributed by atoms with E-state index in [1.54, 1.807) is 0 Å². The molecule has 1 atom stereocenters. The molecule has 6 nitrogen and oxygen atoms in total. The number of nitrogens with zero attached hydrogens (tertiary/aromatic N) is 3. The molecule has 3 aromatic rings. The van der Waals surface area contributed by atoms with Crippen LogP contribution in [0.3, 0.4) is 0 Å². The maximum absolute atomic E-state index is 13.1. The second-order valence-corrected chi connectivity index (χ2v) is 10.0. The second-order valence-electron chi connectivity index (χ2n) is 10.0. The van der Waals surface area contributed by atoms with Crippen LogP contribution in [0.2, 0.25) is 0 Å². The summed E-state index contributed by atoms with van der Waals surface area (Å²) in [6.07, 6.45) is 3.62. The number of benzene rings is 1. The van der Waals surface area contributed by atoms with E-state index in [1.807, 2.05) is 31.3 Å². The molecule has 0 saturated carbocycles. The summed E-state index contributed by atoms with van der Waals surface area (Å²) in [5.41, 5.74) is 4.38. The molecule has 0 radical (unpaired) electrons. The number of rotatable bonds is 2. The Morgan fingerprint density at radius 3 is 2.76 bits per heavy atom. The van der Waals surface area contributed by atoms with Crippen LogP contribution >= 0.6 is 0 Å². The van der Waals surface area contributed by atoms with Crippen molar-refractivity contribution in [2.45, 2.75) is 65.8 Å². The summed E-state index contributed by atoms with van der Waals surface area (Å²) < 4.78 is 0. The summed E-state index contributed by atoms with van der Waals surface area (Å²) in [5.74, 6) is 0.670. The predicted octanol–water partition coefficient (Wildman–Crippen LogP) is 4.40. The minimum atomic E-state index is -0.171. The van der Waals surface area contributed by atoms with Gasteiger partial charge in [-0.15, -0.1) is 0 Å². The van der Waals surface area contributed by atoms with Gasteiger partial charge in [0.15, 0.2) is 5.69 Å². The van der Waals surface area contributed by atoms with Gasteiger partial charge in [0.25, 0.3) is 5.91 Å². The normalized spacial score (nSPS) is 18.5. The standard InChI is InChI=1S/C23H29N5O/c1-13-7-8-16-14(9-13)19(28-27-16)20(29)25-17-10-23(5,6)11-18-15(17)12-24-21(26-18)22(2,3)4/h7-9,12,17H,10-11H2,1-6H3,(H,25,29)(H,27,28)/t17-/m1/s1. The molecular formula is C23H29N5O. The van der Waals surface area contributed by atoms with Crippen LogP contribution in [0, 0.1) is 12.3 Å². The van der Waals surface area contributed by atoms with E-state index in [-0.39, 0.29) is 22.8 Å². The Morgan fingerprint density at radius 1 is 1.28 bits per heavy atom. The van der Waals surface area contributed by atoms with Crippen molar-refractivity contribution in [3.63, 3.8) is 0 Å². The lowest BCUT2D eigenvalue weighted by Crippen LogP contribution is -2.38. The highest BCUT2D eigenvalue weighted by Gasteiger charge is 2.35. The van der Waals surface area contributed by atoms with Gasteiger partial charge in [-0.2, -0.15) is 5.10 Å². The molecule has 0 bridgehead atoms. The van der Waals surface area contributed by atoms with Crippen LogP contribution in [0.4, 0.5) is 0 Å². The average molecular weight is 392 g/mol. The van der Waals surface area contributed by atoms with Gasteiger partial charge in [0.1, 0.15) is 5.82 Å². The van der Waals surface area contributed by atoms with E-state index in [4.69, 9.17) is 4.98 Å². The fraction of sp³-hybridized carbons (Fsp3) is 0.478. The number of carbonyl (C=O) groups is 1. The summed E-state index contributed by atoms with van der Waals surface area (Å²) in [5, 5.41) is 11.3. The smallest absolute Gasteiger partial charge is 0.272 e. The number of aromatic amines is 1. The molecule has 1 aliphatic rings. The molecule has 4 rings (SSSR count). The Morgan fingerprint density at radius 2 is 2.03 bits per heavy atom. The first kappa shape index (κ1) is 19.6. The summed E-state index contributed by atoms with van der Waals surface area (Å²) in [6, 6.07) is 5.82. The first-order valence-electron chi connectivity index (χ1n) is 10.2. The van der Waals surface area contributed by atoms with Gasteiger partial charge in [0.2, 0.25) is 0 Å². The Balaban J connectivity index is 1.68. The fourth-order valence-corrected chi connectivity index (χ4v) is 4.06. The lowest BCUT2D eigenvalue weighted by Gasteiger charge is -2.37. The number of hydrogen-bond acceptors (Lipinski definition) is 4. The molecule has 152 valence electrons. The van der Waals surface area contributed by atoms with E-state index < -0.39 is 0 Å². The third kappa shape index (κ3) is 3.76. The van der Waals surface area contributed by atoms with Gasteiger partial charge in [-0.1, -0.05) is 46.2 Å². The topological polar surface area (TPSA) is 83.6 Å². The fourth-order valence-electron chi connectivity index (χ4n) is 4.06. The highest BCUT2D eigenvalue weighted by atomic mass is 16.2. The quantitative estimate of drug-likeness (QED) is 0.678. The number of H-pyrrole nitrogens is 1. The van der Waals surface area contributed by atoms with Crippen molar-refractivity contribution in [3.8, 4) is 0 Å². The van der Waals surface area contributed by atoms with Crippen molar-refractivity contribution in [3.05, 3.63) is 52.7 Å². The molecule has 2 heterocycles. The number of aryl methyl sites for hydroxylation is 1. The third-order valence-electron chi connectivity index (χ3n) is 5.59. The molecule has 0 fully saturated rings. The maximum Gasteiger partial charge on any atom is 0.272 e. The molecule has 0 spiro atoms. The highest BCUT2D eigenvalue weighted by molar-refractivity contribution is 6.04. The van der Waals surface area contributed by atoms with E-state index in [2.05, 4.69) is 55.1 Å². The second kappa shape index (κ2) is 6.65. The van der Waals surface area contributed by atoms with E-state index in [0.29, 0.717) is 5.69 Å². The van der Waals surface area contributed by atoms with Crippen LogP contribution < -0.4 is 5.32 Å². The molecule has 1 aromatic carbocycles. The Bertz CT molecular complexity index is 1090. The number of amides is 1. The lowest BCUT2D eigenvalue weighted by molar-refractivity contribution is 0.0915. The molecule has 2 N–H and O–H groups in total. The minimum absolute atomic E-state index is 0.0404. The third-order valence-corrected chi connectivity index (χ3v) is 5.59. The molecule has 0 unspecified atom stereocenters. The average Bonchev–Trinajstić information content (AvgIpc) is 3.02. The molecule has 2 aromatic heterocycles. The van der Waals surface area contributed by atoms with Crippen LogP contribution in [0.5, 0.6) is 0 Å². The van der Waals surface area contributed by atoms with E-state index in [9.17, 15) is 4.79 Å². The zero-order valence-electron chi connectivity index (χ0n) is 18.1. The van der Waals surface area contributed by atoms with Gasteiger partial charge in [-0.25, -0.2) is 9.97 Å². The van der Waals surface area contributed by atoms with Crippen LogP contribution in [0.25, 0.3) is 10.9 Å². The first-order chi connectivity index (χ1) is 13.5. The Labute approximate surface area is 171 Å². The van der Waals surface area contributed by atoms with Crippen molar-refractivity contribution >= 4 is 16.8 Å². The zero-order chi connectivity index (χ0) is 21.0. The van der Waals surface area contributed by atoms with Crippen molar-refractivity contribution < 1.29 is 4.79 Å².